The molecule has 0 unspecified atom stereocenters. The van der Waals surface area contributed by atoms with Crippen molar-refractivity contribution < 1.29 is 0 Å². The summed E-state index contributed by atoms with van der Waals surface area (Å²) >= 11 is 0. The fourth-order valence-electron chi connectivity index (χ4n) is 1.94. The van der Waals surface area contributed by atoms with E-state index in [1.54, 1.807) is 6.20 Å². The van der Waals surface area contributed by atoms with Crippen LogP contribution in [0.15, 0.2) is 24.9 Å². The first-order valence-electron chi connectivity index (χ1n) is 6.38. The standard InChI is InChI=1S/C13H21N5/c1-11(2)8-18-9-12(3)16-13(18)15-5-7-17-6-4-14-10-17/h4,6,9-11H,5,7-8H2,1-3H3,(H,15,16). The van der Waals surface area contributed by atoms with Gasteiger partial charge in [0.2, 0.25) is 5.95 Å². The molecule has 18 heavy (non-hydrogen) atoms. The largest absolute Gasteiger partial charge is 0.354 e. The molecule has 2 rings (SSSR count). The summed E-state index contributed by atoms with van der Waals surface area (Å²) in [6.07, 6.45) is 7.68. The normalized spacial score (nSPS) is 11.1. The Balaban J connectivity index is 1.91. The molecule has 0 aromatic carbocycles. The average molecular weight is 247 g/mol. The molecule has 5 nitrogen and oxygen atoms in total. The van der Waals surface area contributed by atoms with E-state index >= 15 is 0 Å². The number of nitrogens with zero attached hydrogens (tertiary/aromatic N) is 4. The highest BCUT2D eigenvalue weighted by Crippen LogP contribution is 2.11. The highest BCUT2D eigenvalue weighted by Gasteiger charge is 2.06. The lowest BCUT2D eigenvalue weighted by atomic mass is 10.2. The molecule has 0 aliphatic carbocycles. The van der Waals surface area contributed by atoms with Gasteiger partial charge >= 0.3 is 0 Å². The van der Waals surface area contributed by atoms with E-state index < -0.39 is 0 Å². The van der Waals surface area contributed by atoms with Crippen LogP contribution in [0.4, 0.5) is 5.95 Å². The van der Waals surface area contributed by atoms with Crippen LogP contribution < -0.4 is 5.32 Å². The highest BCUT2D eigenvalue weighted by atomic mass is 15.2. The molecule has 1 N–H and O–H groups in total. The summed E-state index contributed by atoms with van der Waals surface area (Å²) < 4.78 is 4.24. The van der Waals surface area contributed by atoms with E-state index in [0.29, 0.717) is 5.92 Å². The number of aromatic nitrogens is 4. The van der Waals surface area contributed by atoms with Crippen LogP contribution in [-0.2, 0) is 13.1 Å². The van der Waals surface area contributed by atoms with E-state index in [-0.39, 0.29) is 0 Å². The van der Waals surface area contributed by atoms with Gasteiger partial charge in [-0.1, -0.05) is 13.8 Å². The Morgan fingerprint density at radius 3 is 2.89 bits per heavy atom. The predicted octanol–water partition coefficient (Wildman–Crippen LogP) is 2.16. The van der Waals surface area contributed by atoms with Gasteiger partial charge in [-0.05, 0) is 12.8 Å². The molecular formula is C13H21N5. The molecule has 0 bridgehead atoms. The van der Waals surface area contributed by atoms with E-state index in [1.165, 1.54) is 0 Å². The Morgan fingerprint density at radius 1 is 1.39 bits per heavy atom. The lowest BCUT2D eigenvalue weighted by Crippen LogP contribution is -2.14. The minimum Gasteiger partial charge on any atom is -0.354 e. The summed E-state index contributed by atoms with van der Waals surface area (Å²) in [6, 6.07) is 0. The molecule has 2 aromatic rings. The van der Waals surface area contributed by atoms with Crippen molar-refractivity contribution in [3.63, 3.8) is 0 Å². The molecule has 0 saturated heterocycles. The van der Waals surface area contributed by atoms with Crippen molar-refractivity contribution >= 4 is 5.95 Å². The zero-order valence-corrected chi connectivity index (χ0v) is 11.3. The SMILES string of the molecule is Cc1cn(CC(C)C)c(NCCn2ccnc2)n1. The van der Waals surface area contributed by atoms with Crippen molar-refractivity contribution in [2.75, 3.05) is 11.9 Å². The average Bonchev–Trinajstić information content (AvgIpc) is 2.89. The van der Waals surface area contributed by atoms with E-state index in [2.05, 4.69) is 44.5 Å². The zero-order valence-electron chi connectivity index (χ0n) is 11.3. The Labute approximate surface area is 108 Å². The lowest BCUT2D eigenvalue weighted by Gasteiger charge is -2.11. The quantitative estimate of drug-likeness (QED) is 0.851. The highest BCUT2D eigenvalue weighted by molar-refractivity contribution is 5.28. The molecule has 0 aliphatic rings. The molecular weight excluding hydrogens is 226 g/mol. The van der Waals surface area contributed by atoms with E-state index in [4.69, 9.17) is 0 Å². The van der Waals surface area contributed by atoms with Crippen molar-refractivity contribution in [3.05, 3.63) is 30.6 Å². The maximum absolute atomic E-state index is 4.51. The van der Waals surface area contributed by atoms with Crippen molar-refractivity contribution in [1.29, 1.82) is 0 Å². The number of nitrogens with one attached hydrogen (secondary N) is 1. The van der Waals surface area contributed by atoms with Crippen LogP contribution in [0.2, 0.25) is 0 Å². The molecule has 0 fully saturated rings. The number of imidazole rings is 2. The fraction of sp³-hybridized carbons (Fsp3) is 0.538. The Morgan fingerprint density at radius 2 is 2.22 bits per heavy atom. The Hall–Kier alpha value is -1.78. The molecule has 0 spiro atoms. The second-order valence-corrected chi connectivity index (χ2v) is 4.98. The van der Waals surface area contributed by atoms with Gasteiger partial charge in [0.25, 0.3) is 0 Å². The van der Waals surface area contributed by atoms with Gasteiger partial charge in [0.05, 0.1) is 12.0 Å². The third-order valence-electron chi connectivity index (χ3n) is 2.67. The second kappa shape index (κ2) is 5.71. The predicted molar refractivity (Wildman–Crippen MR) is 72.5 cm³/mol. The molecule has 0 amide bonds. The zero-order chi connectivity index (χ0) is 13.0. The molecule has 0 saturated carbocycles. The van der Waals surface area contributed by atoms with Crippen LogP contribution in [0, 0.1) is 12.8 Å². The van der Waals surface area contributed by atoms with E-state index in [9.17, 15) is 0 Å². The monoisotopic (exact) mass is 247 g/mol. The maximum atomic E-state index is 4.51. The van der Waals surface area contributed by atoms with E-state index in [1.807, 2.05) is 19.4 Å². The number of rotatable bonds is 6. The fourth-order valence-corrected chi connectivity index (χ4v) is 1.94. The minimum absolute atomic E-state index is 0.618. The molecule has 2 aromatic heterocycles. The van der Waals surface area contributed by atoms with Crippen LogP contribution in [-0.4, -0.2) is 25.6 Å². The van der Waals surface area contributed by atoms with Crippen LogP contribution in [0.25, 0.3) is 0 Å². The summed E-state index contributed by atoms with van der Waals surface area (Å²) in [4.78, 5) is 8.53. The molecule has 2 heterocycles. The van der Waals surface area contributed by atoms with Gasteiger partial charge in [0.1, 0.15) is 0 Å². The number of anilines is 1. The van der Waals surface area contributed by atoms with Gasteiger partial charge in [0.15, 0.2) is 0 Å². The smallest absolute Gasteiger partial charge is 0.203 e. The van der Waals surface area contributed by atoms with Gasteiger partial charge in [-0.25, -0.2) is 9.97 Å². The van der Waals surface area contributed by atoms with Crippen LogP contribution in [0.3, 0.4) is 0 Å². The van der Waals surface area contributed by atoms with E-state index in [0.717, 1.165) is 31.3 Å². The maximum Gasteiger partial charge on any atom is 0.203 e. The summed E-state index contributed by atoms with van der Waals surface area (Å²) in [5.74, 6) is 1.58. The Bertz CT molecular complexity index is 470. The summed E-state index contributed by atoms with van der Waals surface area (Å²) in [5, 5.41) is 3.38. The minimum atomic E-state index is 0.618. The molecule has 0 radical (unpaired) electrons. The third kappa shape index (κ3) is 3.35. The third-order valence-corrected chi connectivity index (χ3v) is 2.67. The molecule has 0 atom stereocenters. The summed E-state index contributed by atoms with van der Waals surface area (Å²) in [7, 11) is 0. The van der Waals surface area contributed by atoms with Crippen molar-refractivity contribution in [3.8, 4) is 0 Å². The lowest BCUT2D eigenvalue weighted by molar-refractivity contribution is 0.525. The summed E-state index contributed by atoms with van der Waals surface area (Å²) in [5.41, 5.74) is 1.06. The van der Waals surface area contributed by atoms with Crippen LogP contribution in [0.1, 0.15) is 19.5 Å². The van der Waals surface area contributed by atoms with Crippen molar-refractivity contribution in [2.45, 2.75) is 33.9 Å². The second-order valence-electron chi connectivity index (χ2n) is 4.98. The van der Waals surface area contributed by atoms with Gasteiger partial charge in [-0.15, -0.1) is 0 Å². The summed E-state index contributed by atoms with van der Waals surface area (Å²) in [6.45, 7) is 9.19. The van der Waals surface area contributed by atoms with Gasteiger partial charge in [0, 0.05) is 38.2 Å². The number of aryl methyl sites for hydroxylation is 1. The number of hydrogen-bond donors (Lipinski definition) is 1. The molecule has 98 valence electrons. The molecule has 0 aliphatic heterocycles. The van der Waals surface area contributed by atoms with Crippen molar-refractivity contribution in [1.82, 2.24) is 19.1 Å². The first-order valence-corrected chi connectivity index (χ1v) is 6.38. The first kappa shape index (κ1) is 12.7. The van der Waals surface area contributed by atoms with Gasteiger partial charge < -0.3 is 14.5 Å². The van der Waals surface area contributed by atoms with Crippen LogP contribution >= 0.6 is 0 Å². The Kier molecular flexibility index (Phi) is 4.02. The first-order chi connectivity index (χ1) is 8.65. The van der Waals surface area contributed by atoms with Gasteiger partial charge in [-0.3, -0.25) is 0 Å². The molecule has 5 heteroatoms. The topological polar surface area (TPSA) is 47.7 Å². The van der Waals surface area contributed by atoms with Crippen LogP contribution in [0.5, 0.6) is 0 Å². The van der Waals surface area contributed by atoms with Gasteiger partial charge in [-0.2, -0.15) is 0 Å². The number of hydrogen-bond acceptors (Lipinski definition) is 3. The van der Waals surface area contributed by atoms with Crippen molar-refractivity contribution in [2.24, 2.45) is 5.92 Å².